The van der Waals surface area contributed by atoms with E-state index in [-0.39, 0.29) is 29.1 Å². The van der Waals surface area contributed by atoms with Gasteiger partial charge in [0.1, 0.15) is 5.75 Å². The minimum absolute atomic E-state index is 0.0339. The summed E-state index contributed by atoms with van der Waals surface area (Å²) in [5.41, 5.74) is 2.97. The van der Waals surface area contributed by atoms with Crippen LogP contribution in [0, 0.1) is 6.92 Å². The number of sulfone groups is 1. The van der Waals surface area contributed by atoms with E-state index < -0.39 is 9.84 Å². The van der Waals surface area contributed by atoms with Gasteiger partial charge in [-0.2, -0.15) is 0 Å². The summed E-state index contributed by atoms with van der Waals surface area (Å²) in [6, 6.07) is 16.3. The zero-order chi connectivity index (χ0) is 22.0. The SMILES string of the molecule is COc1ccc(-c2cc(C(=O)N(Cc3ccc(C)cc3)C3CCS(=O)(=O)C3)no2)cc1. The van der Waals surface area contributed by atoms with Crippen LogP contribution in [-0.4, -0.2) is 49.0 Å². The highest BCUT2D eigenvalue weighted by Crippen LogP contribution is 2.26. The molecule has 1 unspecified atom stereocenters. The smallest absolute Gasteiger partial charge is 0.276 e. The van der Waals surface area contributed by atoms with E-state index in [4.69, 9.17) is 9.26 Å². The third-order valence-corrected chi connectivity index (χ3v) is 7.24. The number of rotatable bonds is 6. The van der Waals surface area contributed by atoms with Gasteiger partial charge in [-0.3, -0.25) is 4.79 Å². The molecule has 1 fully saturated rings. The first kappa shape index (κ1) is 21.1. The van der Waals surface area contributed by atoms with Crippen LogP contribution >= 0.6 is 0 Å². The summed E-state index contributed by atoms with van der Waals surface area (Å²) >= 11 is 0. The molecular formula is C23H24N2O5S. The molecule has 1 aromatic heterocycles. The summed E-state index contributed by atoms with van der Waals surface area (Å²) in [6.07, 6.45) is 0.420. The Hall–Kier alpha value is -3.13. The molecule has 7 nitrogen and oxygen atoms in total. The fraction of sp³-hybridized carbons (Fsp3) is 0.304. The largest absolute Gasteiger partial charge is 0.497 e. The van der Waals surface area contributed by atoms with Crippen molar-refractivity contribution in [3.63, 3.8) is 0 Å². The van der Waals surface area contributed by atoms with Gasteiger partial charge in [0.05, 0.1) is 18.6 Å². The predicted octanol–water partition coefficient (Wildman–Crippen LogP) is 3.49. The number of aromatic nitrogens is 1. The molecule has 162 valence electrons. The molecule has 0 radical (unpaired) electrons. The van der Waals surface area contributed by atoms with E-state index in [9.17, 15) is 13.2 Å². The second-order valence-electron chi connectivity index (χ2n) is 7.78. The summed E-state index contributed by atoms with van der Waals surface area (Å²) in [5.74, 6) is 0.886. The summed E-state index contributed by atoms with van der Waals surface area (Å²) in [5, 5.41) is 3.97. The highest BCUT2D eigenvalue weighted by Gasteiger charge is 2.36. The number of benzene rings is 2. The second-order valence-corrected chi connectivity index (χ2v) is 10.0. The van der Waals surface area contributed by atoms with Crippen molar-refractivity contribution in [2.24, 2.45) is 0 Å². The molecule has 2 aromatic carbocycles. The molecule has 1 atom stereocenters. The van der Waals surface area contributed by atoms with Gasteiger partial charge >= 0.3 is 0 Å². The summed E-state index contributed by atoms with van der Waals surface area (Å²) in [6.45, 7) is 2.30. The normalized spacial score (nSPS) is 17.4. The molecule has 3 aromatic rings. The number of ether oxygens (including phenoxy) is 1. The fourth-order valence-electron chi connectivity index (χ4n) is 3.69. The maximum atomic E-state index is 13.3. The van der Waals surface area contributed by atoms with E-state index >= 15 is 0 Å². The Bertz CT molecular complexity index is 1170. The first-order valence-corrected chi connectivity index (χ1v) is 11.8. The molecule has 1 aliphatic heterocycles. The Morgan fingerprint density at radius 3 is 2.48 bits per heavy atom. The molecule has 0 saturated carbocycles. The van der Waals surface area contributed by atoms with E-state index in [0.717, 1.165) is 16.7 Å². The van der Waals surface area contributed by atoms with Gasteiger partial charge in [-0.25, -0.2) is 8.42 Å². The van der Waals surface area contributed by atoms with Crippen LogP contribution < -0.4 is 4.74 Å². The van der Waals surface area contributed by atoms with Crippen LogP contribution in [0.3, 0.4) is 0 Å². The number of carbonyl (C=O) groups excluding carboxylic acids is 1. The topological polar surface area (TPSA) is 89.7 Å². The van der Waals surface area contributed by atoms with Crippen LogP contribution in [-0.2, 0) is 16.4 Å². The lowest BCUT2D eigenvalue weighted by Crippen LogP contribution is -2.40. The van der Waals surface area contributed by atoms with Crippen LogP contribution in [0.2, 0.25) is 0 Å². The van der Waals surface area contributed by atoms with Gasteiger partial charge in [-0.15, -0.1) is 0 Å². The summed E-state index contributed by atoms with van der Waals surface area (Å²) < 4.78 is 34.7. The van der Waals surface area contributed by atoms with Crippen molar-refractivity contribution in [3.05, 3.63) is 71.4 Å². The third kappa shape index (κ3) is 4.80. The van der Waals surface area contributed by atoms with Crippen molar-refractivity contribution in [3.8, 4) is 17.1 Å². The Morgan fingerprint density at radius 2 is 1.87 bits per heavy atom. The van der Waals surface area contributed by atoms with Crippen molar-refractivity contribution in [2.45, 2.75) is 25.9 Å². The van der Waals surface area contributed by atoms with Gasteiger partial charge in [0.15, 0.2) is 21.3 Å². The van der Waals surface area contributed by atoms with Crippen molar-refractivity contribution >= 4 is 15.7 Å². The number of methoxy groups -OCH3 is 1. The van der Waals surface area contributed by atoms with E-state index in [1.165, 1.54) is 0 Å². The third-order valence-electron chi connectivity index (χ3n) is 5.49. The minimum Gasteiger partial charge on any atom is -0.497 e. The van der Waals surface area contributed by atoms with Gasteiger partial charge in [-0.05, 0) is 43.2 Å². The molecule has 1 aliphatic rings. The summed E-state index contributed by atoms with van der Waals surface area (Å²) in [7, 11) is -1.56. The first-order chi connectivity index (χ1) is 14.8. The maximum absolute atomic E-state index is 13.3. The van der Waals surface area contributed by atoms with E-state index in [0.29, 0.717) is 24.5 Å². The Kier molecular flexibility index (Phi) is 5.82. The number of aryl methyl sites for hydroxylation is 1. The predicted molar refractivity (Wildman–Crippen MR) is 117 cm³/mol. The van der Waals surface area contributed by atoms with E-state index in [2.05, 4.69) is 5.16 Å². The van der Waals surface area contributed by atoms with Crippen LogP contribution in [0.1, 0.15) is 28.0 Å². The van der Waals surface area contributed by atoms with Gasteiger partial charge in [-0.1, -0.05) is 35.0 Å². The lowest BCUT2D eigenvalue weighted by atomic mass is 10.1. The number of nitrogens with zero attached hydrogens (tertiary/aromatic N) is 2. The maximum Gasteiger partial charge on any atom is 0.276 e. The average Bonchev–Trinajstić information content (AvgIpc) is 3.39. The van der Waals surface area contributed by atoms with Crippen LogP contribution in [0.4, 0.5) is 0 Å². The first-order valence-electron chi connectivity index (χ1n) is 10.0. The van der Waals surface area contributed by atoms with Crippen molar-refractivity contribution in [1.29, 1.82) is 0 Å². The molecule has 0 aliphatic carbocycles. The van der Waals surface area contributed by atoms with Gasteiger partial charge in [0, 0.05) is 24.2 Å². The number of amides is 1. The lowest BCUT2D eigenvalue weighted by molar-refractivity contribution is 0.0670. The van der Waals surface area contributed by atoms with E-state index in [1.54, 1.807) is 30.2 Å². The zero-order valence-electron chi connectivity index (χ0n) is 17.4. The Balaban J connectivity index is 1.60. The average molecular weight is 441 g/mol. The molecule has 31 heavy (non-hydrogen) atoms. The zero-order valence-corrected chi connectivity index (χ0v) is 18.3. The van der Waals surface area contributed by atoms with Crippen LogP contribution in [0.25, 0.3) is 11.3 Å². The molecule has 4 rings (SSSR count). The monoisotopic (exact) mass is 440 g/mol. The molecule has 1 saturated heterocycles. The van der Waals surface area contributed by atoms with Crippen molar-refractivity contribution < 1.29 is 22.5 Å². The van der Waals surface area contributed by atoms with Gasteiger partial charge < -0.3 is 14.2 Å². The number of carbonyl (C=O) groups is 1. The molecule has 2 heterocycles. The van der Waals surface area contributed by atoms with Gasteiger partial charge in [0.2, 0.25) is 0 Å². The fourth-order valence-corrected chi connectivity index (χ4v) is 5.42. The van der Waals surface area contributed by atoms with Crippen LogP contribution in [0.15, 0.2) is 59.1 Å². The Labute approximate surface area is 181 Å². The minimum atomic E-state index is -3.15. The van der Waals surface area contributed by atoms with E-state index in [1.807, 2.05) is 43.3 Å². The highest BCUT2D eigenvalue weighted by molar-refractivity contribution is 7.91. The van der Waals surface area contributed by atoms with Gasteiger partial charge in [0.25, 0.3) is 5.91 Å². The second kappa shape index (κ2) is 8.55. The quantitative estimate of drug-likeness (QED) is 0.583. The number of hydrogen-bond acceptors (Lipinski definition) is 6. The molecule has 0 spiro atoms. The van der Waals surface area contributed by atoms with Crippen molar-refractivity contribution in [2.75, 3.05) is 18.6 Å². The molecule has 0 bridgehead atoms. The number of hydrogen-bond donors (Lipinski definition) is 0. The standard InChI is InChI=1S/C23H24N2O5S/c1-16-3-5-17(6-4-16)14-25(19-11-12-31(27,28)15-19)23(26)21-13-22(30-24-21)18-7-9-20(29-2)10-8-18/h3-10,13,19H,11-12,14-15H2,1-2H3. The molecular weight excluding hydrogens is 416 g/mol. The molecule has 0 N–H and O–H groups in total. The molecule has 1 amide bonds. The van der Waals surface area contributed by atoms with Crippen LogP contribution in [0.5, 0.6) is 5.75 Å². The lowest BCUT2D eigenvalue weighted by Gasteiger charge is -2.27. The molecule has 8 heteroatoms. The summed E-state index contributed by atoms with van der Waals surface area (Å²) in [4.78, 5) is 14.9. The van der Waals surface area contributed by atoms with Crippen molar-refractivity contribution in [1.82, 2.24) is 10.1 Å². The Morgan fingerprint density at radius 1 is 1.16 bits per heavy atom. The highest BCUT2D eigenvalue weighted by atomic mass is 32.2.